The summed E-state index contributed by atoms with van der Waals surface area (Å²) in [6.07, 6.45) is -2.75. The van der Waals surface area contributed by atoms with Crippen LogP contribution < -0.4 is 59.1 Å². The van der Waals surface area contributed by atoms with Gasteiger partial charge in [-0.25, -0.2) is 16.8 Å². The van der Waals surface area contributed by atoms with Gasteiger partial charge in [-0.3, -0.25) is 0 Å². The van der Waals surface area contributed by atoms with Crippen LogP contribution in [0.4, 0.5) is 0 Å². The third kappa shape index (κ3) is 6.09. The maximum atomic E-state index is 11.1. The minimum atomic E-state index is -4.78. The molecule has 0 aromatic rings. The third-order valence-electron chi connectivity index (χ3n) is 3.08. The summed E-state index contributed by atoms with van der Waals surface area (Å²) in [4.78, 5) is 0. The molecule has 0 saturated heterocycles. The molecule has 4 atom stereocenters. The van der Waals surface area contributed by atoms with Crippen LogP contribution in [0, 0.1) is 0 Å². The van der Waals surface area contributed by atoms with Gasteiger partial charge < -0.3 is 18.6 Å². The van der Waals surface area contributed by atoms with Gasteiger partial charge in [-0.1, -0.05) is 0 Å². The average molecular weight is 348 g/mol. The van der Waals surface area contributed by atoms with E-state index in [1.165, 1.54) is 14.2 Å². The average Bonchev–Trinajstić information content (AvgIpc) is 2.24. The van der Waals surface area contributed by atoms with E-state index in [-0.39, 0.29) is 65.5 Å². The molecule has 0 radical (unpaired) electrons. The summed E-state index contributed by atoms with van der Waals surface area (Å²) in [6.45, 7) is 0. The molecule has 0 aromatic carbocycles. The molecule has 1 aliphatic rings. The molecule has 0 aromatic heterocycles. The zero-order valence-electron chi connectivity index (χ0n) is 11.8. The number of ether oxygens (including phenoxy) is 2. The van der Waals surface area contributed by atoms with Gasteiger partial charge in [0, 0.05) is 14.2 Å². The van der Waals surface area contributed by atoms with E-state index in [0.717, 1.165) is 0 Å². The van der Waals surface area contributed by atoms with Gasteiger partial charge in [-0.05, 0) is 12.8 Å². The topological polar surface area (TPSA) is 133 Å². The van der Waals surface area contributed by atoms with Gasteiger partial charge in [-0.2, -0.15) is 0 Å². The molecule has 1 fully saturated rings. The fourth-order valence-corrected chi connectivity index (χ4v) is 4.25. The summed E-state index contributed by atoms with van der Waals surface area (Å²) in [5, 5.41) is -3.06. The number of rotatable bonds is 4. The summed E-state index contributed by atoms with van der Waals surface area (Å²) < 4.78 is 76.0. The maximum absolute atomic E-state index is 11.1. The molecule has 0 N–H and O–H groups in total. The van der Waals surface area contributed by atoms with E-state index >= 15 is 0 Å². The SMILES string of the molecule is COC1CC(S(=O)(=O)[O-])CC(S(=O)(=O)[O-])C1OC.[Na+].[Na+]. The first-order valence-corrected chi connectivity index (χ1v) is 8.00. The Labute approximate surface area is 163 Å². The van der Waals surface area contributed by atoms with Crippen molar-refractivity contribution in [1.82, 2.24) is 0 Å². The first-order chi connectivity index (χ1) is 8.11. The molecule has 8 nitrogen and oxygen atoms in total. The molecular formula is C8H14Na2O8S2. The number of methoxy groups -OCH3 is 2. The Morgan fingerprint density at radius 1 is 0.900 bits per heavy atom. The summed E-state index contributed by atoms with van der Waals surface area (Å²) in [5.41, 5.74) is 0. The van der Waals surface area contributed by atoms with Gasteiger partial charge in [0.2, 0.25) is 0 Å². The number of hydrogen-bond acceptors (Lipinski definition) is 8. The number of hydrogen-bond donors (Lipinski definition) is 0. The van der Waals surface area contributed by atoms with Crippen LogP contribution in [0.25, 0.3) is 0 Å². The normalized spacial score (nSPS) is 31.0. The molecule has 0 heterocycles. The van der Waals surface area contributed by atoms with Crippen molar-refractivity contribution in [2.75, 3.05) is 14.2 Å². The standard InChI is InChI=1S/C8H16O8S2.2Na/c1-15-6-3-5(17(9,10)11)4-7(8(6)16-2)18(12,13)14;;/h5-8H,3-4H2,1-2H3,(H,9,10,11)(H,12,13,14);;/q;2*+1/p-2. The molecule has 1 rings (SSSR count). The van der Waals surface area contributed by atoms with Crippen molar-refractivity contribution >= 4 is 20.2 Å². The van der Waals surface area contributed by atoms with Crippen molar-refractivity contribution in [1.29, 1.82) is 0 Å². The summed E-state index contributed by atoms with van der Waals surface area (Å²) in [5.74, 6) is 0. The predicted octanol–water partition coefficient (Wildman–Crippen LogP) is -7.35. The van der Waals surface area contributed by atoms with Gasteiger partial charge in [0.25, 0.3) is 0 Å². The summed E-state index contributed by atoms with van der Waals surface area (Å²) >= 11 is 0. The summed E-state index contributed by atoms with van der Waals surface area (Å²) in [7, 11) is -7.04. The van der Waals surface area contributed by atoms with Gasteiger partial charge in [-0.15, -0.1) is 0 Å². The van der Waals surface area contributed by atoms with Crippen molar-refractivity contribution in [3.8, 4) is 0 Å². The van der Waals surface area contributed by atoms with Crippen LogP contribution in [0.3, 0.4) is 0 Å². The Kier molecular flexibility index (Phi) is 11.0. The zero-order chi connectivity index (χ0) is 14.1. The smallest absolute Gasteiger partial charge is 0.748 e. The minimum absolute atomic E-state index is 0. The Morgan fingerprint density at radius 2 is 1.40 bits per heavy atom. The molecule has 20 heavy (non-hydrogen) atoms. The van der Waals surface area contributed by atoms with Crippen LogP contribution in [0.5, 0.6) is 0 Å². The Balaban J connectivity index is 0. The molecule has 0 aliphatic heterocycles. The molecule has 0 amide bonds. The fourth-order valence-electron chi connectivity index (χ4n) is 2.17. The molecule has 0 bridgehead atoms. The van der Waals surface area contributed by atoms with E-state index in [0.29, 0.717) is 0 Å². The van der Waals surface area contributed by atoms with Crippen molar-refractivity contribution in [3.63, 3.8) is 0 Å². The Morgan fingerprint density at radius 3 is 1.70 bits per heavy atom. The van der Waals surface area contributed by atoms with Crippen LogP contribution in [0.2, 0.25) is 0 Å². The van der Waals surface area contributed by atoms with Crippen molar-refractivity contribution < 1.29 is 94.5 Å². The van der Waals surface area contributed by atoms with E-state index in [1.807, 2.05) is 0 Å². The molecule has 0 spiro atoms. The largest absolute Gasteiger partial charge is 1.00 e. The van der Waals surface area contributed by atoms with Crippen molar-refractivity contribution in [2.45, 2.75) is 35.5 Å². The van der Waals surface area contributed by atoms with Gasteiger partial charge in [0.1, 0.15) is 10.1 Å². The van der Waals surface area contributed by atoms with Crippen LogP contribution in [-0.4, -0.2) is 62.9 Å². The van der Waals surface area contributed by atoms with Crippen molar-refractivity contribution in [2.24, 2.45) is 0 Å². The molecular weight excluding hydrogens is 334 g/mol. The molecule has 108 valence electrons. The first-order valence-electron chi connectivity index (χ1n) is 5.06. The maximum Gasteiger partial charge on any atom is 1.00 e. The van der Waals surface area contributed by atoms with E-state index in [1.54, 1.807) is 0 Å². The molecule has 1 saturated carbocycles. The summed E-state index contributed by atoms with van der Waals surface area (Å²) in [6, 6.07) is 0. The quantitative estimate of drug-likeness (QED) is 0.361. The van der Waals surface area contributed by atoms with E-state index in [4.69, 9.17) is 9.47 Å². The zero-order valence-corrected chi connectivity index (χ0v) is 17.4. The third-order valence-corrected chi connectivity index (χ3v) is 5.48. The van der Waals surface area contributed by atoms with Crippen LogP contribution >= 0.6 is 0 Å². The minimum Gasteiger partial charge on any atom is -0.748 e. The van der Waals surface area contributed by atoms with E-state index < -0.39 is 49.4 Å². The second-order valence-corrected chi connectivity index (χ2v) is 7.34. The predicted molar refractivity (Wildman–Crippen MR) is 57.8 cm³/mol. The van der Waals surface area contributed by atoms with Crippen LogP contribution in [0.15, 0.2) is 0 Å². The van der Waals surface area contributed by atoms with Gasteiger partial charge >= 0.3 is 59.1 Å². The van der Waals surface area contributed by atoms with Gasteiger partial charge in [0.05, 0.1) is 32.8 Å². The monoisotopic (exact) mass is 348 g/mol. The van der Waals surface area contributed by atoms with Gasteiger partial charge in [0.15, 0.2) is 0 Å². The molecule has 12 heteroatoms. The van der Waals surface area contributed by atoms with Crippen LogP contribution in [-0.2, 0) is 29.7 Å². The van der Waals surface area contributed by atoms with Crippen LogP contribution in [0.1, 0.15) is 12.8 Å². The first kappa shape index (κ1) is 24.0. The second kappa shape index (κ2) is 9.14. The second-order valence-electron chi connectivity index (χ2n) is 4.09. The van der Waals surface area contributed by atoms with E-state index in [2.05, 4.69) is 0 Å². The molecule has 1 aliphatic carbocycles. The van der Waals surface area contributed by atoms with Crippen molar-refractivity contribution in [3.05, 3.63) is 0 Å². The molecule has 4 unspecified atom stereocenters. The van der Waals surface area contributed by atoms with E-state index in [9.17, 15) is 25.9 Å². The Hall–Kier alpha value is 1.74. The fraction of sp³-hybridized carbons (Fsp3) is 1.00. The Bertz CT molecular complexity index is 491.